The molecule has 1 unspecified atom stereocenters. The Bertz CT molecular complexity index is 2060. The Balaban J connectivity index is 1.28. The summed E-state index contributed by atoms with van der Waals surface area (Å²) in [4.78, 5) is 13.5. The van der Waals surface area contributed by atoms with Crippen LogP contribution in [0.3, 0.4) is 0 Å². The van der Waals surface area contributed by atoms with Crippen LogP contribution in [-0.2, 0) is 5.54 Å². The lowest BCUT2D eigenvalue weighted by Gasteiger charge is -2.36. The van der Waals surface area contributed by atoms with E-state index in [0.29, 0.717) is 0 Å². The Morgan fingerprint density at radius 1 is 0.792 bits per heavy atom. The third kappa shape index (κ3) is 5.31. The lowest BCUT2D eigenvalue weighted by atomic mass is 9.77. The van der Waals surface area contributed by atoms with Crippen LogP contribution in [0.4, 0.5) is 5.82 Å². The van der Waals surface area contributed by atoms with Crippen LogP contribution in [0.2, 0.25) is 0 Å². The number of hydrogen-bond acceptors (Lipinski definition) is 6. The van der Waals surface area contributed by atoms with Crippen molar-refractivity contribution in [3.8, 4) is 11.1 Å². The number of hydrogen-bond donors (Lipinski definition) is 0. The van der Waals surface area contributed by atoms with E-state index in [1.165, 1.54) is 9.09 Å². The summed E-state index contributed by atoms with van der Waals surface area (Å²) in [6.07, 6.45) is 10.5. The molecule has 1 aliphatic heterocycles. The summed E-state index contributed by atoms with van der Waals surface area (Å²) >= 11 is 3.70. The molecule has 7 heteroatoms. The maximum atomic E-state index is 5.31. The highest BCUT2D eigenvalue weighted by atomic mass is 32.2. The second kappa shape index (κ2) is 13.1. The van der Waals surface area contributed by atoms with Crippen LogP contribution >= 0.6 is 23.1 Å². The molecule has 0 N–H and O–H groups in total. The number of piperidine rings is 1. The molecular formula is C41H36N5S2. The van der Waals surface area contributed by atoms with Gasteiger partial charge in [-0.2, -0.15) is 5.10 Å². The van der Waals surface area contributed by atoms with Crippen LogP contribution in [0.15, 0.2) is 138 Å². The highest BCUT2D eigenvalue weighted by molar-refractivity contribution is 8.00. The van der Waals surface area contributed by atoms with Crippen LogP contribution in [0.25, 0.3) is 22.0 Å². The van der Waals surface area contributed by atoms with Gasteiger partial charge in [-0.1, -0.05) is 97.1 Å². The summed E-state index contributed by atoms with van der Waals surface area (Å²) in [5.41, 5.74) is 6.88. The fraction of sp³-hybridized carbons (Fsp3) is 0.171. The Morgan fingerprint density at radius 3 is 2.08 bits per heavy atom. The van der Waals surface area contributed by atoms with Gasteiger partial charge in [-0.25, -0.2) is 9.97 Å². The van der Waals surface area contributed by atoms with Crippen molar-refractivity contribution in [1.29, 1.82) is 0 Å². The predicted molar refractivity (Wildman–Crippen MR) is 200 cm³/mol. The number of aryl methyl sites for hydroxylation is 1. The number of fused-ring (bicyclic) bond motifs is 1. The number of thiophene rings is 1. The van der Waals surface area contributed by atoms with E-state index in [2.05, 4.69) is 157 Å². The van der Waals surface area contributed by atoms with Gasteiger partial charge in [0.15, 0.2) is 0 Å². The summed E-state index contributed by atoms with van der Waals surface area (Å²) in [6, 6.07) is 43.5. The normalized spacial score (nSPS) is 15.2. The number of thioether (sulfide) groups is 1. The monoisotopic (exact) mass is 662 g/mol. The van der Waals surface area contributed by atoms with E-state index in [1.54, 1.807) is 6.33 Å². The van der Waals surface area contributed by atoms with Crippen molar-refractivity contribution in [2.45, 2.75) is 35.6 Å². The topological polar surface area (TPSA) is 46.8 Å². The summed E-state index contributed by atoms with van der Waals surface area (Å²) in [5.74, 6) is 0.997. The maximum Gasteiger partial charge on any atom is 0.140 e. The molecule has 8 rings (SSSR count). The Kier molecular flexibility index (Phi) is 8.33. The molecule has 5 nitrogen and oxygen atoms in total. The molecular weight excluding hydrogens is 627 g/mol. The first kappa shape index (κ1) is 30.6. The summed E-state index contributed by atoms with van der Waals surface area (Å²) < 4.78 is 3.51. The molecule has 1 atom stereocenters. The standard InChI is InChI=1S/C41H36N5S2/c1-29-35(27-46(44-29)41(31-14-6-3-7-15-31,32-16-8-4-9-17-32)33-18-10-5-11-19-33)30-21-22-36-34(26-30)40(43-28-42-36)45-25-13-12-20-37(45)38-23-24-39(47-2)48-38/h3-12,14-19,21-24,26-28,37H,13,20,25H2,1-2H3. The van der Waals surface area contributed by atoms with Gasteiger partial charge in [0.05, 0.1) is 21.5 Å². The van der Waals surface area contributed by atoms with Gasteiger partial charge in [0, 0.05) is 28.6 Å². The largest absolute Gasteiger partial charge is 0.348 e. The van der Waals surface area contributed by atoms with E-state index in [9.17, 15) is 0 Å². The molecule has 0 aliphatic carbocycles. The van der Waals surface area contributed by atoms with Crippen molar-refractivity contribution in [2.24, 2.45) is 0 Å². The van der Waals surface area contributed by atoms with Crippen LogP contribution in [-0.4, -0.2) is 32.5 Å². The van der Waals surface area contributed by atoms with Gasteiger partial charge in [0.2, 0.25) is 0 Å². The molecule has 1 aliphatic rings. The SMILES string of the molecule is CSc1ccc(C2C[CH]CCN2c2ncnc3ccc(-c4cn(C(c5ccccc5)(c5ccccc5)c5ccccc5)nc4C)cc23)s1. The molecule has 48 heavy (non-hydrogen) atoms. The first-order valence-corrected chi connectivity index (χ1v) is 18.4. The Morgan fingerprint density at radius 2 is 1.46 bits per heavy atom. The lowest BCUT2D eigenvalue weighted by Crippen LogP contribution is -2.38. The van der Waals surface area contributed by atoms with E-state index < -0.39 is 5.54 Å². The zero-order chi connectivity index (χ0) is 32.5. The molecule has 0 bridgehead atoms. The Hall–Kier alpha value is -4.72. The molecule has 0 saturated carbocycles. The summed E-state index contributed by atoms with van der Waals surface area (Å²) in [7, 11) is 0. The first-order valence-electron chi connectivity index (χ1n) is 16.4. The van der Waals surface area contributed by atoms with E-state index in [0.717, 1.165) is 69.6 Å². The minimum atomic E-state index is -0.675. The van der Waals surface area contributed by atoms with Crippen molar-refractivity contribution in [1.82, 2.24) is 19.7 Å². The highest BCUT2D eigenvalue weighted by Crippen LogP contribution is 2.43. The van der Waals surface area contributed by atoms with Crippen LogP contribution in [0.5, 0.6) is 0 Å². The highest BCUT2D eigenvalue weighted by Gasteiger charge is 2.40. The van der Waals surface area contributed by atoms with Gasteiger partial charge in [0.25, 0.3) is 0 Å². The van der Waals surface area contributed by atoms with Crippen LogP contribution < -0.4 is 4.90 Å². The summed E-state index contributed by atoms with van der Waals surface area (Å²) in [6.45, 7) is 3.04. The molecule has 237 valence electrons. The predicted octanol–water partition coefficient (Wildman–Crippen LogP) is 9.97. The second-order valence-electron chi connectivity index (χ2n) is 12.2. The molecule has 7 aromatic rings. The summed E-state index contributed by atoms with van der Waals surface area (Å²) in [5, 5.41) is 6.38. The van der Waals surface area contributed by atoms with Crippen molar-refractivity contribution in [2.75, 3.05) is 17.7 Å². The van der Waals surface area contributed by atoms with E-state index >= 15 is 0 Å². The molecule has 0 amide bonds. The van der Waals surface area contributed by atoms with Gasteiger partial charge in [0.1, 0.15) is 17.7 Å². The quantitative estimate of drug-likeness (QED) is 0.120. The van der Waals surface area contributed by atoms with Gasteiger partial charge >= 0.3 is 0 Å². The van der Waals surface area contributed by atoms with E-state index in [1.807, 2.05) is 23.1 Å². The van der Waals surface area contributed by atoms with Crippen LogP contribution in [0.1, 0.15) is 46.1 Å². The average molecular weight is 663 g/mol. The third-order valence-corrected chi connectivity index (χ3v) is 11.8. The Labute approximate surface area is 290 Å². The third-order valence-electron chi connectivity index (χ3n) is 9.49. The minimum Gasteiger partial charge on any atom is -0.348 e. The zero-order valence-corrected chi connectivity index (χ0v) is 28.7. The van der Waals surface area contributed by atoms with Crippen molar-refractivity contribution in [3.05, 3.63) is 168 Å². The van der Waals surface area contributed by atoms with Crippen molar-refractivity contribution in [3.63, 3.8) is 0 Å². The first-order chi connectivity index (χ1) is 23.7. The number of nitrogens with zero attached hydrogens (tertiary/aromatic N) is 5. The molecule has 1 saturated heterocycles. The maximum absolute atomic E-state index is 5.31. The number of benzene rings is 4. The lowest BCUT2D eigenvalue weighted by molar-refractivity contribution is 0.458. The van der Waals surface area contributed by atoms with E-state index in [-0.39, 0.29) is 6.04 Å². The second-order valence-corrected chi connectivity index (χ2v) is 14.4. The van der Waals surface area contributed by atoms with Crippen LogP contribution in [0, 0.1) is 13.3 Å². The molecule has 1 fully saturated rings. The van der Waals surface area contributed by atoms with Gasteiger partial charge in [-0.05, 0) is 79.0 Å². The smallest absolute Gasteiger partial charge is 0.140 e. The van der Waals surface area contributed by atoms with Gasteiger partial charge in [-0.15, -0.1) is 23.1 Å². The molecule has 4 heterocycles. The number of anilines is 1. The molecule has 3 aromatic heterocycles. The minimum absolute atomic E-state index is 0.263. The van der Waals surface area contributed by atoms with Crippen molar-refractivity contribution < 1.29 is 0 Å². The number of aromatic nitrogens is 4. The van der Waals surface area contributed by atoms with Gasteiger partial charge < -0.3 is 4.90 Å². The molecule has 4 aromatic carbocycles. The average Bonchev–Trinajstić information content (AvgIpc) is 3.80. The van der Waals surface area contributed by atoms with E-state index in [4.69, 9.17) is 15.1 Å². The molecule has 1 radical (unpaired) electrons. The van der Waals surface area contributed by atoms with Gasteiger partial charge in [-0.3, -0.25) is 4.68 Å². The fourth-order valence-corrected chi connectivity index (χ4v) is 8.92. The molecule has 0 spiro atoms. The zero-order valence-electron chi connectivity index (χ0n) is 27.0. The number of rotatable bonds is 8. The fourth-order valence-electron chi connectivity index (χ4n) is 7.23. The van der Waals surface area contributed by atoms with Crippen molar-refractivity contribution >= 4 is 39.8 Å².